The Bertz CT molecular complexity index is 808. The molecule has 2 aliphatic rings. The first kappa shape index (κ1) is 15.1. The summed E-state index contributed by atoms with van der Waals surface area (Å²) >= 11 is 13.4. The van der Waals surface area contributed by atoms with E-state index in [2.05, 4.69) is 10.3 Å². The molecule has 0 radical (unpaired) electrons. The highest BCUT2D eigenvalue weighted by atomic mass is 35.5. The first-order chi connectivity index (χ1) is 10.9. The Kier molecular flexibility index (Phi) is 3.27. The summed E-state index contributed by atoms with van der Waals surface area (Å²) in [5, 5.41) is 5.17. The van der Waals surface area contributed by atoms with Gasteiger partial charge in [-0.2, -0.15) is 0 Å². The molecule has 0 bridgehead atoms. The van der Waals surface area contributed by atoms with Gasteiger partial charge >= 0.3 is 0 Å². The smallest absolute Gasteiger partial charge is 0.235 e. The summed E-state index contributed by atoms with van der Waals surface area (Å²) in [5.74, 6) is 1.20. The summed E-state index contributed by atoms with van der Waals surface area (Å²) in [6.07, 6.45) is 0.440. The number of ether oxygens (including phenoxy) is 2. The highest BCUT2D eigenvalue weighted by Crippen LogP contribution is 2.64. The third-order valence-corrected chi connectivity index (χ3v) is 6.01. The maximum atomic E-state index is 12.3. The maximum absolute atomic E-state index is 12.3. The average molecular weight is 371 g/mol. The number of carbonyl (C=O) groups excluding carboxylic acids is 1. The number of benzene rings is 1. The van der Waals surface area contributed by atoms with Crippen molar-refractivity contribution in [2.75, 3.05) is 12.1 Å². The summed E-state index contributed by atoms with van der Waals surface area (Å²) in [6, 6.07) is 5.61. The Balaban J connectivity index is 1.52. The summed E-state index contributed by atoms with van der Waals surface area (Å²) in [7, 11) is 0. The second kappa shape index (κ2) is 5.00. The van der Waals surface area contributed by atoms with Crippen LogP contribution in [0.25, 0.3) is 11.3 Å². The van der Waals surface area contributed by atoms with Crippen LogP contribution in [0.4, 0.5) is 5.13 Å². The first-order valence-corrected chi connectivity index (χ1v) is 8.57. The monoisotopic (exact) mass is 370 g/mol. The van der Waals surface area contributed by atoms with Crippen LogP contribution in [0.2, 0.25) is 0 Å². The van der Waals surface area contributed by atoms with E-state index in [4.69, 9.17) is 32.7 Å². The molecule has 1 fully saturated rings. The lowest BCUT2D eigenvalue weighted by Crippen LogP contribution is -2.25. The molecule has 1 aliphatic carbocycles. The molecule has 1 aliphatic heterocycles. The molecule has 23 heavy (non-hydrogen) atoms. The molecule has 1 aromatic heterocycles. The number of alkyl halides is 2. The van der Waals surface area contributed by atoms with E-state index >= 15 is 0 Å². The lowest BCUT2D eigenvalue weighted by atomic mass is 10.1. The topological polar surface area (TPSA) is 60.5 Å². The molecule has 1 unspecified atom stereocenters. The van der Waals surface area contributed by atoms with Crippen LogP contribution in [0.1, 0.15) is 13.3 Å². The lowest BCUT2D eigenvalue weighted by molar-refractivity contribution is -0.120. The van der Waals surface area contributed by atoms with Gasteiger partial charge in [-0.05, 0) is 31.5 Å². The van der Waals surface area contributed by atoms with Crippen molar-refractivity contribution in [3.63, 3.8) is 0 Å². The summed E-state index contributed by atoms with van der Waals surface area (Å²) in [4.78, 5) is 16.7. The summed E-state index contributed by atoms with van der Waals surface area (Å²) in [5.41, 5.74) is 0.890. The molecule has 2 heterocycles. The fraction of sp³-hybridized carbons (Fsp3) is 0.333. The molecule has 1 N–H and O–H groups in total. The molecule has 120 valence electrons. The fourth-order valence-electron chi connectivity index (χ4n) is 2.40. The van der Waals surface area contributed by atoms with Crippen LogP contribution in [-0.4, -0.2) is 22.0 Å². The molecule has 1 aromatic carbocycles. The van der Waals surface area contributed by atoms with Gasteiger partial charge in [0.05, 0.1) is 11.1 Å². The van der Waals surface area contributed by atoms with Crippen molar-refractivity contribution in [1.29, 1.82) is 0 Å². The number of carbonyl (C=O) groups is 1. The van der Waals surface area contributed by atoms with Gasteiger partial charge in [-0.1, -0.05) is 0 Å². The van der Waals surface area contributed by atoms with Crippen LogP contribution in [0.5, 0.6) is 11.5 Å². The molecular weight excluding hydrogens is 359 g/mol. The zero-order valence-corrected chi connectivity index (χ0v) is 14.4. The van der Waals surface area contributed by atoms with Gasteiger partial charge in [0.2, 0.25) is 12.7 Å². The Labute approximate surface area is 146 Å². The number of hydrogen-bond acceptors (Lipinski definition) is 5. The van der Waals surface area contributed by atoms with E-state index in [9.17, 15) is 4.79 Å². The third-order valence-electron chi connectivity index (χ3n) is 4.15. The lowest BCUT2D eigenvalue weighted by Gasteiger charge is -2.10. The van der Waals surface area contributed by atoms with Gasteiger partial charge < -0.3 is 14.8 Å². The summed E-state index contributed by atoms with van der Waals surface area (Å²) in [6.45, 7) is 1.98. The number of halogens is 2. The number of fused-ring (bicyclic) bond motifs is 1. The van der Waals surface area contributed by atoms with Gasteiger partial charge in [0, 0.05) is 10.9 Å². The molecule has 4 rings (SSSR count). The zero-order chi connectivity index (χ0) is 16.2. The third kappa shape index (κ3) is 2.45. The number of thiazole rings is 1. The van der Waals surface area contributed by atoms with Crippen LogP contribution >= 0.6 is 34.5 Å². The molecule has 5 nitrogen and oxygen atoms in total. The second-order valence-corrected chi connectivity index (χ2v) is 8.12. The molecule has 2 aromatic rings. The van der Waals surface area contributed by atoms with Crippen LogP contribution < -0.4 is 14.8 Å². The number of hydrogen-bond donors (Lipinski definition) is 1. The number of nitrogens with zero attached hydrogens (tertiary/aromatic N) is 1. The molecular formula is C15H12Cl2N2O3S. The molecule has 0 saturated heterocycles. The minimum Gasteiger partial charge on any atom is -0.454 e. The van der Waals surface area contributed by atoms with E-state index in [0.717, 1.165) is 17.0 Å². The first-order valence-electron chi connectivity index (χ1n) is 6.94. The number of anilines is 1. The SMILES string of the molecule is CC1(C(=O)Nc2nc(-c3ccc4c(c3)OCO4)cs2)CC1(Cl)Cl. The van der Waals surface area contributed by atoms with Crippen molar-refractivity contribution in [3.8, 4) is 22.8 Å². The standard InChI is InChI=1S/C15H12Cl2N2O3S/c1-14(6-15(14,16)17)12(20)19-13-18-9(5-23-13)8-2-3-10-11(4-8)22-7-21-10/h2-5H,6-7H2,1H3,(H,18,19,20). The number of rotatable bonds is 3. The van der Waals surface area contributed by atoms with Gasteiger partial charge in [0.25, 0.3) is 0 Å². The summed E-state index contributed by atoms with van der Waals surface area (Å²) < 4.78 is 9.66. The van der Waals surface area contributed by atoms with E-state index < -0.39 is 9.75 Å². The van der Waals surface area contributed by atoms with Crippen molar-refractivity contribution in [2.45, 2.75) is 17.7 Å². The van der Waals surface area contributed by atoms with Gasteiger partial charge in [-0.3, -0.25) is 4.79 Å². The predicted octanol–water partition coefficient (Wildman–Crippen LogP) is 4.06. The molecule has 0 spiro atoms. The van der Waals surface area contributed by atoms with E-state index in [1.54, 1.807) is 6.92 Å². The van der Waals surface area contributed by atoms with E-state index in [1.807, 2.05) is 23.6 Å². The molecule has 8 heteroatoms. The minimum atomic E-state index is -0.992. The van der Waals surface area contributed by atoms with Crippen molar-refractivity contribution in [3.05, 3.63) is 23.6 Å². The van der Waals surface area contributed by atoms with Gasteiger partial charge in [0.1, 0.15) is 4.33 Å². The highest BCUT2D eigenvalue weighted by molar-refractivity contribution is 7.14. The van der Waals surface area contributed by atoms with E-state index in [-0.39, 0.29) is 12.7 Å². The quantitative estimate of drug-likeness (QED) is 0.827. The number of amides is 1. The maximum Gasteiger partial charge on any atom is 0.235 e. The molecule has 1 amide bonds. The molecule has 1 saturated carbocycles. The number of nitrogens with one attached hydrogen (secondary N) is 1. The van der Waals surface area contributed by atoms with Gasteiger partial charge in [-0.25, -0.2) is 4.98 Å². The van der Waals surface area contributed by atoms with Gasteiger partial charge in [0.15, 0.2) is 16.6 Å². The van der Waals surface area contributed by atoms with Gasteiger partial charge in [-0.15, -0.1) is 34.5 Å². The van der Waals surface area contributed by atoms with E-state index in [0.29, 0.717) is 17.3 Å². The minimum absolute atomic E-state index is 0.214. The Morgan fingerprint density at radius 2 is 2.09 bits per heavy atom. The van der Waals surface area contributed by atoms with Crippen molar-refractivity contribution < 1.29 is 14.3 Å². The van der Waals surface area contributed by atoms with Crippen molar-refractivity contribution >= 4 is 45.6 Å². The largest absolute Gasteiger partial charge is 0.454 e. The van der Waals surface area contributed by atoms with Crippen LogP contribution in [0.3, 0.4) is 0 Å². The van der Waals surface area contributed by atoms with Crippen molar-refractivity contribution in [2.24, 2.45) is 5.41 Å². The average Bonchev–Trinajstić information content (AvgIpc) is 2.96. The predicted molar refractivity (Wildman–Crippen MR) is 89.5 cm³/mol. The Morgan fingerprint density at radius 3 is 2.83 bits per heavy atom. The molecule has 1 atom stereocenters. The Morgan fingerprint density at radius 1 is 1.35 bits per heavy atom. The van der Waals surface area contributed by atoms with Crippen LogP contribution in [0.15, 0.2) is 23.6 Å². The highest BCUT2D eigenvalue weighted by Gasteiger charge is 2.68. The second-order valence-electron chi connectivity index (χ2n) is 5.77. The van der Waals surface area contributed by atoms with E-state index in [1.165, 1.54) is 11.3 Å². The van der Waals surface area contributed by atoms with Crippen LogP contribution in [-0.2, 0) is 4.79 Å². The van der Waals surface area contributed by atoms with Crippen LogP contribution in [0, 0.1) is 5.41 Å². The van der Waals surface area contributed by atoms with Crippen molar-refractivity contribution in [1.82, 2.24) is 4.98 Å². The number of aromatic nitrogens is 1. The zero-order valence-electron chi connectivity index (χ0n) is 12.1. The Hall–Kier alpha value is -1.50. The fourth-order valence-corrected chi connectivity index (χ4v) is 3.82. The normalized spacial score (nSPS) is 23.6.